The van der Waals surface area contributed by atoms with E-state index in [1.165, 1.54) is 0 Å². The number of ether oxygens (including phenoxy) is 1. The summed E-state index contributed by atoms with van der Waals surface area (Å²) in [6.45, 7) is 14.4. The summed E-state index contributed by atoms with van der Waals surface area (Å²) in [6.07, 6.45) is 5.27. The first-order valence-corrected chi connectivity index (χ1v) is 10.4. The van der Waals surface area contributed by atoms with Gasteiger partial charge in [-0.25, -0.2) is 9.78 Å². The van der Waals surface area contributed by atoms with Gasteiger partial charge in [-0.2, -0.15) is 4.98 Å². The third kappa shape index (κ3) is 8.30. The lowest BCUT2D eigenvalue weighted by Crippen LogP contribution is -2.38. The Hall–Kier alpha value is -3.06. The second-order valence-electron chi connectivity index (χ2n) is 7.85. The molecule has 0 aliphatic heterocycles. The van der Waals surface area contributed by atoms with E-state index >= 15 is 0 Å². The number of benzene rings is 1. The minimum absolute atomic E-state index is 0.351. The van der Waals surface area contributed by atoms with Crippen molar-refractivity contribution in [2.75, 3.05) is 30.3 Å². The van der Waals surface area contributed by atoms with Gasteiger partial charge in [0, 0.05) is 25.3 Å². The topological polar surface area (TPSA) is 79.4 Å². The van der Waals surface area contributed by atoms with Crippen LogP contribution in [0.5, 0.6) is 0 Å². The number of carbonyl (C=O) groups excluding carboxylic acids is 1. The Morgan fingerprint density at radius 2 is 2.06 bits per heavy atom. The third-order valence-corrected chi connectivity index (χ3v) is 4.29. The van der Waals surface area contributed by atoms with E-state index in [0.29, 0.717) is 42.8 Å². The first kappa shape index (κ1) is 24.2. The first-order chi connectivity index (χ1) is 14.7. The molecule has 0 unspecified atom stereocenters. The van der Waals surface area contributed by atoms with Gasteiger partial charge in [0.25, 0.3) is 0 Å². The highest BCUT2D eigenvalue weighted by Crippen LogP contribution is 2.22. The predicted octanol–water partition coefficient (Wildman–Crippen LogP) is 5.44. The molecule has 1 amide bonds. The Morgan fingerprint density at radius 1 is 1.29 bits per heavy atom. The van der Waals surface area contributed by atoms with Crippen LogP contribution in [0.25, 0.3) is 0 Å². The quantitative estimate of drug-likeness (QED) is 0.476. The van der Waals surface area contributed by atoms with Crippen LogP contribution in [0.4, 0.5) is 22.2 Å². The number of hydrogen-bond acceptors (Lipinski definition) is 6. The predicted molar refractivity (Wildman–Crippen MR) is 127 cm³/mol. The number of carbonyl (C=O) groups is 1. The maximum absolute atomic E-state index is 12.4. The van der Waals surface area contributed by atoms with Gasteiger partial charge in [0.05, 0.1) is 6.20 Å². The summed E-state index contributed by atoms with van der Waals surface area (Å²) in [5.41, 5.74) is 1.35. The van der Waals surface area contributed by atoms with Crippen molar-refractivity contribution in [3.63, 3.8) is 0 Å². The van der Waals surface area contributed by atoms with Crippen molar-refractivity contribution in [1.29, 1.82) is 0 Å². The van der Waals surface area contributed by atoms with Crippen molar-refractivity contribution in [3.05, 3.63) is 66.4 Å². The van der Waals surface area contributed by atoms with Crippen LogP contribution in [0.3, 0.4) is 0 Å². The van der Waals surface area contributed by atoms with Crippen LogP contribution in [-0.4, -0.2) is 46.2 Å². The zero-order valence-electron chi connectivity index (χ0n) is 18.3. The molecule has 0 radical (unpaired) electrons. The van der Waals surface area contributed by atoms with Crippen molar-refractivity contribution < 1.29 is 9.53 Å². The summed E-state index contributed by atoms with van der Waals surface area (Å²) in [7, 11) is 0. The second kappa shape index (κ2) is 11.4. The molecule has 0 fully saturated rings. The highest BCUT2D eigenvalue weighted by atomic mass is 35.5. The number of nitrogens with one attached hydrogen (secondary N) is 2. The molecule has 2 rings (SSSR count). The van der Waals surface area contributed by atoms with Crippen LogP contribution in [0.2, 0.25) is 5.02 Å². The van der Waals surface area contributed by atoms with Gasteiger partial charge in [-0.05, 0) is 44.9 Å². The summed E-state index contributed by atoms with van der Waals surface area (Å²) < 4.78 is 5.48. The molecule has 2 aromatic rings. The molecule has 1 aromatic heterocycles. The molecule has 2 N–H and O–H groups in total. The maximum atomic E-state index is 12.4. The SMILES string of the molecule is C=CCNc1nc(Nc2cccc(CCN(CC=C)C(=O)OC(C)(C)C)c2)ncc1Cl. The Balaban J connectivity index is 2.05. The highest BCUT2D eigenvalue weighted by Gasteiger charge is 2.21. The van der Waals surface area contributed by atoms with Crippen LogP contribution < -0.4 is 10.6 Å². The molecule has 1 aromatic carbocycles. The summed E-state index contributed by atoms with van der Waals surface area (Å²) in [5.74, 6) is 0.961. The number of halogens is 1. The first-order valence-electron chi connectivity index (χ1n) is 10.0. The van der Waals surface area contributed by atoms with Crippen molar-refractivity contribution in [2.24, 2.45) is 0 Å². The van der Waals surface area contributed by atoms with Gasteiger partial charge in [-0.15, -0.1) is 13.2 Å². The van der Waals surface area contributed by atoms with Gasteiger partial charge in [0.2, 0.25) is 5.95 Å². The molecule has 1 heterocycles. The third-order valence-electron chi connectivity index (χ3n) is 4.01. The van der Waals surface area contributed by atoms with Crippen molar-refractivity contribution in [2.45, 2.75) is 32.8 Å². The molecule has 0 saturated heterocycles. The molecule has 0 spiro atoms. The summed E-state index contributed by atoms with van der Waals surface area (Å²) >= 11 is 6.12. The van der Waals surface area contributed by atoms with Crippen LogP contribution in [0.15, 0.2) is 55.8 Å². The van der Waals surface area contributed by atoms with Crippen LogP contribution in [0.1, 0.15) is 26.3 Å². The summed E-state index contributed by atoms with van der Waals surface area (Å²) in [6, 6.07) is 7.87. The zero-order chi connectivity index (χ0) is 22.9. The van der Waals surface area contributed by atoms with E-state index in [1.807, 2.05) is 45.0 Å². The van der Waals surface area contributed by atoms with E-state index in [2.05, 4.69) is 33.8 Å². The van der Waals surface area contributed by atoms with E-state index < -0.39 is 5.60 Å². The smallest absolute Gasteiger partial charge is 0.410 e. The normalized spacial score (nSPS) is 10.8. The minimum atomic E-state index is -0.543. The van der Waals surface area contributed by atoms with Gasteiger partial charge in [0.15, 0.2) is 5.82 Å². The summed E-state index contributed by atoms with van der Waals surface area (Å²) in [5, 5.41) is 6.70. The zero-order valence-corrected chi connectivity index (χ0v) is 19.1. The van der Waals surface area contributed by atoms with Crippen molar-refractivity contribution in [1.82, 2.24) is 14.9 Å². The van der Waals surface area contributed by atoms with Crippen LogP contribution in [0, 0.1) is 0 Å². The van der Waals surface area contributed by atoms with Crippen molar-refractivity contribution >= 4 is 35.1 Å². The highest BCUT2D eigenvalue weighted by molar-refractivity contribution is 6.32. The lowest BCUT2D eigenvalue weighted by molar-refractivity contribution is 0.0274. The van der Waals surface area contributed by atoms with Gasteiger partial charge in [-0.1, -0.05) is 35.9 Å². The molecule has 0 aliphatic rings. The van der Waals surface area contributed by atoms with E-state index in [4.69, 9.17) is 16.3 Å². The fourth-order valence-corrected chi connectivity index (χ4v) is 2.82. The number of hydrogen-bond donors (Lipinski definition) is 2. The number of rotatable bonds is 10. The average molecular weight is 444 g/mol. The fourth-order valence-electron chi connectivity index (χ4n) is 2.66. The summed E-state index contributed by atoms with van der Waals surface area (Å²) in [4.78, 5) is 22.7. The monoisotopic (exact) mass is 443 g/mol. The van der Waals surface area contributed by atoms with Crippen LogP contribution in [-0.2, 0) is 11.2 Å². The van der Waals surface area contributed by atoms with E-state index in [9.17, 15) is 4.79 Å². The van der Waals surface area contributed by atoms with E-state index in [1.54, 1.807) is 23.2 Å². The van der Waals surface area contributed by atoms with E-state index in [0.717, 1.165) is 11.3 Å². The molecule has 0 atom stereocenters. The Labute approximate surface area is 189 Å². The number of anilines is 3. The van der Waals surface area contributed by atoms with Gasteiger partial charge >= 0.3 is 6.09 Å². The average Bonchev–Trinajstić information content (AvgIpc) is 2.70. The molecule has 0 aliphatic carbocycles. The lowest BCUT2D eigenvalue weighted by Gasteiger charge is -2.26. The van der Waals surface area contributed by atoms with Crippen molar-refractivity contribution in [3.8, 4) is 0 Å². The molecule has 8 heteroatoms. The maximum Gasteiger partial charge on any atom is 0.410 e. The lowest BCUT2D eigenvalue weighted by atomic mass is 10.1. The van der Waals surface area contributed by atoms with Gasteiger partial charge < -0.3 is 20.3 Å². The van der Waals surface area contributed by atoms with Gasteiger partial charge in [0.1, 0.15) is 10.6 Å². The van der Waals surface area contributed by atoms with Crippen LogP contribution >= 0.6 is 11.6 Å². The minimum Gasteiger partial charge on any atom is -0.444 e. The number of aromatic nitrogens is 2. The largest absolute Gasteiger partial charge is 0.444 e. The molecule has 166 valence electrons. The molecule has 31 heavy (non-hydrogen) atoms. The Morgan fingerprint density at radius 3 is 2.74 bits per heavy atom. The molecule has 7 nitrogen and oxygen atoms in total. The van der Waals surface area contributed by atoms with E-state index in [-0.39, 0.29) is 6.09 Å². The fraction of sp³-hybridized carbons (Fsp3) is 0.348. The Bertz CT molecular complexity index is 911. The second-order valence-corrected chi connectivity index (χ2v) is 8.26. The molecule has 0 bridgehead atoms. The molecule has 0 saturated carbocycles. The number of amides is 1. The molecular weight excluding hydrogens is 414 g/mol. The Kier molecular flexibility index (Phi) is 8.88. The number of nitrogens with zero attached hydrogens (tertiary/aromatic N) is 3. The van der Waals surface area contributed by atoms with Gasteiger partial charge in [-0.3, -0.25) is 0 Å². The molecular formula is C23H30ClN5O2. The standard InChI is InChI=1S/C23H30ClN5O2/c1-6-12-25-20-19(24)16-26-21(28-20)27-18-10-8-9-17(15-18)11-14-29(13-7-2)22(30)31-23(3,4)5/h6-10,15-16H,1-2,11-14H2,3-5H3,(H2,25,26,27,28).